The Bertz CT molecular complexity index is 1080. The van der Waals surface area contributed by atoms with E-state index >= 15 is 0 Å². The predicted molar refractivity (Wildman–Crippen MR) is 119 cm³/mol. The number of pyridine rings is 1. The molecule has 33 heavy (non-hydrogen) atoms. The number of fused-ring (bicyclic) bond motifs is 1. The van der Waals surface area contributed by atoms with Gasteiger partial charge in [0.25, 0.3) is 0 Å². The standard InChI is InChI=1S/C24H24F3N3O3/c25-24(26,27)15-30(17-4-2-1-3-5-17)18-6-7-19-16(9-11-33-22(19)12-18)13-29-21-14-28-10-8-20(21)23(31)32/h1-8,10,12,14,16,23,29,31-32H,9,11,13,15H2. The van der Waals surface area contributed by atoms with Crippen LogP contribution in [0.1, 0.15) is 29.8 Å². The van der Waals surface area contributed by atoms with Gasteiger partial charge in [-0.3, -0.25) is 4.98 Å². The van der Waals surface area contributed by atoms with Crippen molar-refractivity contribution >= 4 is 17.1 Å². The fraction of sp³-hybridized carbons (Fsp3) is 0.292. The van der Waals surface area contributed by atoms with Crippen LogP contribution >= 0.6 is 0 Å². The van der Waals surface area contributed by atoms with Gasteiger partial charge in [0, 0.05) is 41.7 Å². The first-order chi connectivity index (χ1) is 15.8. The summed E-state index contributed by atoms with van der Waals surface area (Å²) >= 11 is 0. The van der Waals surface area contributed by atoms with Crippen LogP contribution in [0.2, 0.25) is 0 Å². The van der Waals surface area contributed by atoms with E-state index in [1.165, 1.54) is 23.4 Å². The van der Waals surface area contributed by atoms with Gasteiger partial charge in [-0.25, -0.2) is 0 Å². The molecule has 4 rings (SSSR count). The number of rotatable bonds is 7. The van der Waals surface area contributed by atoms with Crippen molar-refractivity contribution in [2.75, 3.05) is 29.9 Å². The average molecular weight is 459 g/mol. The summed E-state index contributed by atoms with van der Waals surface area (Å²) in [6.07, 6.45) is -2.30. The molecule has 2 aromatic carbocycles. The third-order valence-corrected chi connectivity index (χ3v) is 5.55. The van der Waals surface area contributed by atoms with Crippen LogP contribution in [0.15, 0.2) is 67.0 Å². The van der Waals surface area contributed by atoms with E-state index in [1.807, 2.05) is 0 Å². The number of anilines is 3. The molecule has 1 aromatic heterocycles. The van der Waals surface area contributed by atoms with Gasteiger partial charge in [-0.2, -0.15) is 13.2 Å². The number of halogens is 3. The Morgan fingerprint density at radius 3 is 2.61 bits per heavy atom. The van der Waals surface area contributed by atoms with Crippen LogP contribution in [0.25, 0.3) is 0 Å². The number of hydrogen-bond acceptors (Lipinski definition) is 6. The molecule has 2 heterocycles. The molecule has 1 aliphatic heterocycles. The fourth-order valence-corrected chi connectivity index (χ4v) is 3.96. The maximum absolute atomic E-state index is 13.3. The molecule has 0 spiro atoms. The van der Waals surface area contributed by atoms with Gasteiger partial charge < -0.3 is 25.2 Å². The minimum absolute atomic E-state index is 0.0273. The Morgan fingerprint density at radius 2 is 1.88 bits per heavy atom. The second-order valence-electron chi connectivity index (χ2n) is 7.81. The van der Waals surface area contributed by atoms with Crippen molar-refractivity contribution in [3.05, 3.63) is 78.1 Å². The predicted octanol–water partition coefficient (Wildman–Crippen LogP) is 4.74. The van der Waals surface area contributed by atoms with E-state index in [0.717, 1.165) is 5.56 Å². The van der Waals surface area contributed by atoms with Crippen LogP contribution in [-0.4, -0.2) is 41.1 Å². The van der Waals surface area contributed by atoms with Crippen LogP contribution in [0.3, 0.4) is 0 Å². The van der Waals surface area contributed by atoms with E-state index in [0.29, 0.717) is 47.9 Å². The lowest BCUT2D eigenvalue weighted by atomic mass is 9.92. The van der Waals surface area contributed by atoms with Gasteiger partial charge in [0.2, 0.25) is 0 Å². The van der Waals surface area contributed by atoms with Gasteiger partial charge in [-0.15, -0.1) is 0 Å². The summed E-state index contributed by atoms with van der Waals surface area (Å²) in [7, 11) is 0. The molecule has 0 saturated carbocycles. The van der Waals surface area contributed by atoms with Crippen molar-refractivity contribution in [2.24, 2.45) is 0 Å². The van der Waals surface area contributed by atoms with Gasteiger partial charge in [0.05, 0.1) is 18.5 Å². The summed E-state index contributed by atoms with van der Waals surface area (Å²) in [5, 5.41) is 22.3. The van der Waals surface area contributed by atoms with E-state index in [-0.39, 0.29) is 5.92 Å². The topological polar surface area (TPSA) is 77.8 Å². The van der Waals surface area contributed by atoms with Crippen molar-refractivity contribution in [3.8, 4) is 5.75 Å². The van der Waals surface area contributed by atoms with Crippen LogP contribution in [-0.2, 0) is 0 Å². The van der Waals surface area contributed by atoms with Gasteiger partial charge in [0.15, 0.2) is 6.29 Å². The molecule has 1 atom stereocenters. The minimum atomic E-state index is -4.38. The summed E-state index contributed by atoms with van der Waals surface area (Å²) in [6, 6.07) is 15.1. The highest BCUT2D eigenvalue weighted by Gasteiger charge is 2.32. The van der Waals surface area contributed by atoms with Gasteiger partial charge in [-0.1, -0.05) is 24.3 Å². The molecule has 0 bridgehead atoms. The molecule has 6 nitrogen and oxygen atoms in total. The normalized spacial score (nSPS) is 15.6. The number of nitrogens with zero attached hydrogens (tertiary/aromatic N) is 2. The summed E-state index contributed by atoms with van der Waals surface area (Å²) in [4.78, 5) is 5.24. The van der Waals surface area contributed by atoms with E-state index in [1.54, 1.807) is 48.5 Å². The second-order valence-corrected chi connectivity index (χ2v) is 7.81. The number of hydrogen-bond donors (Lipinski definition) is 3. The van der Waals surface area contributed by atoms with Crippen LogP contribution in [0.5, 0.6) is 5.75 Å². The summed E-state index contributed by atoms with van der Waals surface area (Å²) < 4.78 is 45.7. The number of aliphatic hydroxyl groups excluding tert-OH is 1. The number of aliphatic hydroxyl groups is 2. The van der Waals surface area contributed by atoms with E-state index in [4.69, 9.17) is 4.74 Å². The molecule has 0 amide bonds. The summed E-state index contributed by atoms with van der Waals surface area (Å²) in [5.41, 5.74) is 2.54. The Labute approximate surface area is 189 Å². The number of nitrogens with one attached hydrogen (secondary N) is 1. The van der Waals surface area contributed by atoms with Gasteiger partial charge in [-0.05, 0) is 36.2 Å². The molecule has 1 aliphatic rings. The zero-order valence-corrected chi connectivity index (χ0v) is 17.7. The molecule has 3 N–H and O–H groups in total. The number of alkyl halides is 3. The van der Waals surface area contributed by atoms with Crippen molar-refractivity contribution in [1.82, 2.24) is 4.98 Å². The van der Waals surface area contributed by atoms with Crippen LogP contribution in [0, 0.1) is 0 Å². The van der Waals surface area contributed by atoms with E-state index < -0.39 is 19.0 Å². The Morgan fingerprint density at radius 1 is 1.09 bits per heavy atom. The number of ether oxygens (including phenoxy) is 1. The number of benzene rings is 2. The highest BCUT2D eigenvalue weighted by Crippen LogP contribution is 2.39. The molecule has 9 heteroatoms. The van der Waals surface area contributed by atoms with Crippen LogP contribution < -0.4 is 15.0 Å². The van der Waals surface area contributed by atoms with Gasteiger partial charge >= 0.3 is 6.18 Å². The SMILES string of the molecule is OC(O)c1ccncc1NCC1CCOc2cc(N(CC(F)(F)F)c3ccccc3)ccc21. The van der Waals surface area contributed by atoms with Crippen molar-refractivity contribution < 1.29 is 28.1 Å². The first-order valence-corrected chi connectivity index (χ1v) is 10.5. The minimum Gasteiger partial charge on any atom is -0.493 e. The van der Waals surface area contributed by atoms with E-state index in [9.17, 15) is 23.4 Å². The lowest BCUT2D eigenvalue weighted by Gasteiger charge is -2.30. The van der Waals surface area contributed by atoms with Crippen molar-refractivity contribution in [2.45, 2.75) is 24.8 Å². The van der Waals surface area contributed by atoms with Crippen molar-refractivity contribution in [3.63, 3.8) is 0 Å². The second kappa shape index (κ2) is 9.68. The monoisotopic (exact) mass is 459 g/mol. The molecular formula is C24H24F3N3O3. The van der Waals surface area contributed by atoms with Gasteiger partial charge in [0.1, 0.15) is 12.3 Å². The molecule has 0 fully saturated rings. The van der Waals surface area contributed by atoms with Crippen LogP contribution in [0.4, 0.5) is 30.2 Å². The summed E-state index contributed by atoms with van der Waals surface area (Å²) in [5.74, 6) is 0.571. The molecule has 174 valence electrons. The maximum atomic E-state index is 13.3. The largest absolute Gasteiger partial charge is 0.493 e. The molecule has 3 aromatic rings. The summed E-state index contributed by atoms with van der Waals surface area (Å²) in [6.45, 7) is -0.212. The molecule has 0 aliphatic carbocycles. The third-order valence-electron chi connectivity index (χ3n) is 5.55. The quantitative estimate of drug-likeness (QED) is 0.443. The number of aromatic nitrogens is 1. The maximum Gasteiger partial charge on any atom is 0.406 e. The molecule has 1 unspecified atom stereocenters. The molecule has 0 saturated heterocycles. The molecular weight excluding hydrogens is 435 g/mol. The Hall–Kier alpha value is -3.30. The highest BCUT2D eigenvalue weighted by atomic mass is 19.4. The average Bonchev–Trinajstić information content (AvgIpc) is 2.81. The Balaban J connectivity index is 1.57. The van der Waals surface area contributed by atoms with Crippen molar-refractivity contribution in [1.29, 1.82) is 0 Å². The van der Waals surface area contributed by atoms with E-state index in [2.05, 4.69) is 10.3 Å². The highest BCUT2D eigenvalue weighted by molar-refractivity contribution is 5.66. The Kier molecular flexibility index (Phi) is 6.71. The zero-order valence-electron chi connectivity index (χ0n) is 17.7. The lowest BCUT2D eigenvalue weighted by molar-refractivity contribution is -0.118. The molecule has 0 radical (unpaired) electrons. The third kappa shape index (κ3) is 5.55. The smallest absolute Gasteiger partial charge is 0.406 e. The zero-order chi connectivity index (χ0) is 23.4. The first-order valence-electron chi connectivity index (χ1n) is 10.5. The number of para-hydroxylation sites is 1. The fourth-order valence-electron chi connectivity index (χ4n) is 3.96. The first kappa shape index (κ1) is 22.9. The lowest BCUT2D eigenvalue weighted by Crippen LogP contribution is -2.30.